The van der Waals surface area contributed by atoms with Crippen molar-refractivity contribution in [2.24, 2.45) is 0 Å². The molecule has 0 aliphatic carbocycles. The van der Waals surface area contributed by atoms with E-state index in [9.17, 15) is 0 Å². The van der Waals surface area contributed by atoms with Crippen LogP contribution in [0.4, 0.5) is 5.82 Å². The first-order valence-corrected chi connectivity index (χ1v) is 6.80. The van der Waals surface area contributed by atoms with Gasteiger partial charge < -0.3 is 10.3 Å². The maximum atomic E-state index is 5.56. The lowest BCUT2D eigenvalue weighted by Gasteiger charge is -2.07. The van der Waals surface area contributed by atoms with Gasteiger partial charge >= 0.3 is 0 Å². The molecule has 102 valence electrons. The van der Waals surface area contributed by atoms with Crippen LogP contribution in [0.25, 0.3) is 11.0 Å². The normalized spacial score (nSPS) is 11.1. The zero-order chi connectivity index (χ0) is 13.9. The zero-order valence-electron chi connectivity index (χ0n) is 11.5. The number of para-hydroxylation sites is 2. The molecule has 0 aliphatic rings. The van der Waals surface area contributed by atoms with E-state index >= 15 is 0 Å². The van der Waals surface area contributed by atoms with Crippen molar-refractivity contribution in [1.82, 2.24) is 19.7 Å². The van der Waals surface area contributed by atoms with Crippen LogP contribution in [-0.4, -0.2) is 19.7 Å². The molecule has 0 saturated heterocycles. The summed E-state index contributed by atoms with van der Waals surface area (Å²) < 4.78 is 2.26. The van der Waals surface area contributed by atoms with E-state index in [0.717, 1.165) is 30.0 Å². The highest BCUT2D eigenvalue weighted by Gasteiger charge is 2.11. The summed E-state index contributed by atoms with van der Waals surface area (Å²) in [6.07, 6.45) is 1.74. The van der Waals surface area contributed by atoms with Gasteiger partial charge in [0.15, 0.2) is 0 Å². The average molecular weight is 267 g/mol. The fourth-order valence-electron chi connectivity index (χ4n) is 2.36. The van der Waals surface area contributed by atoms with Crippen LogP contribution in [0.2, 0.25) is 0 Å². The van der Waals surface area contributed by atoms with Gasteiger partial charge in [-0.3, -0.25) is 0 Å². The lowest BCUT2D eigenvalue weighted by atomic mass is 10.2. The van der Waals surface area contributed by atoms with Gasteiger partial charge in [-0.15, -0.1) is 5.10 Å². The maximum absolute atomic E-state index is 5.56. The van der Waals surface area contributed by atoms with Gasteiger partial charge in [-0.05, 0) is 30.7 Å². The number of hydrogen-bond donors (Lipinski definition) is 1. The topological polar surface area (TPSA) is 69.6 Å². The van der Waals surface area contributed by atoms with Gasteiger partial charge in [0.25, 0.3) is 0 Å². The van der Waals surface area contributed by atoms with Crippen molar-refractivity contribution in [2.45, 2.75) is 26.3 Å². The fourth-order valence-corrected chi connectivity index (χ4v) is 2.36. The Bertz CT molecular complexity index is 715. The molecule has 0 bridgehead atoms. The van der Waals surface area contributed by atoms with E-state index in [2.05, 4.69) is 27.8 Å². The molecule has 2 N–H and O–H groups in total. The Morgan fingerprint density at radius 2 is 1.95 bits per heavy atom. The van der Waals surface area contributed by atoms with Gasteiger partial charge in [-0.2, -0.15) is 5.10 Å². The monoisotopic (exact) mass is 267 g/mol. The summed E-state index contributed by atoms with van der Waals surface area (Å²) in [7, 11) is 0. The molecule has 0 radical (unpaired) electrons. The third kappa shape index (κ3) is 2.34. The van der Waals surface area contributed by atoms with E-state index in [0.29, 0.717) is 12.2 Å². The van der Waals surface area contributed by atoms with Gasteiger partial charge in [0.2, 0.25) is 0 Å². The van der Waals surface area contributed by atoms with E-state index in [1.54, 1.807) is 6.07 Å². The average Bonchev–Trinajstić information content (AvgIpc) is 2.80. The summed E-state index contributed by atoms with van der Waals surface area (Å²) in [4.78, 5) is 4.71. The molecule has 1 aromatic carbocycles. The van der Waals surface area contributed by atoms with Crippen LogP contribution < -0.4 is 5.73 Å². The highest BCUT2D eigenvalue weighted by atomic mass is 15.1. The predicted molar refractivity (Wildman–Crippen MR) is 79.3 cm³/mol. The molecule has 0 aliphatic heterocycles. The molecule has 5 heteroatoms. The molecule has 0 unspecified atom stereocenters. The zero-order valence-corrected chi connectivity index (χ0v) is 11.5. The molecular weight excluding hydrogens is 250 g/mol. The number of nitrogens with two attached hydrogens (primary N) is 1. The lowest BCUT2D eigenvalue weighted by molar-refractivity contribution is 0.660. The van der Waals surface area contributed by atoms with Crippen LogP contribution in [0.3, 0.4) is 0 Å². The van der Waals surface area contributed by atoms with Crippen molar-refractivity contribution in [3.8, 4) is 0 Å². The number of nitrogen functional groups attached to an aromatic ring is 1. The second-order valence-electron chi connectivity index (χ2n) is 4.79. The summed E-state index contributed by atoms with van der Waals surface area (Å²) in [5.41, 5.74) is 8.65. The molecule has 0 amide bonds. The Morgan fingerprint density at radius 3 is 2.70 bits per heavy atom. The van der Waals surface area contributed by atoms with Crippen molar-refractivity contribution in [1.29, 1.82) is 0 Å². The van der Waals surface area contributed by atoms with Crippen molar-refractivity contribution in [3.63, 3.8) is 0 Å². The van der Waals surface area contributed by atoms with Crippen molar-refractivity contribution >= 4 is 16.9 Å². The number of benzene rings is 1. The van der Waals surface area contributed by atoms with Crippen LogP contribution in [0.5, 0.6) is 0 Å². The minimum Gasteiger partial charge on any atom is -0.382 e. The third-order valence-electron chi connectivity index (χ3n) is 3.26. The SMILES string of the molecule is CCCn1c(Cc2ccc(N)nn2)nc2ccccc21. The van der Waals surface area contributed by atoms with Gasteiger partial charge in [0, 0.05) is 6.54 Å². The first-order chi connectivity index (χ1) is 9.78. The number of nitrogens with zero attached hydrogens (tertiary/aromatic N) is 4. The van der Waals surface area contributed by atoms with Gasteiger partial charge in [-0.25, -0.2) is 4.98 Å². The smallest absolute Gasteiger partial charge is 0.146 e. The molecule has 2 aromatic heterocycles. The van der Waals surface area contributed by atoms with Gasteiger partial charge in [0.05, 0.1) is 23.1 Å². The number of imidazole rings is 1. The van der Waals surface area contributed by atoms with Crippen molar-refractivity contribution in [2.75, 3.05) is 5.73 Å². The van der Waals surface area contributed by atoms with Crippen LogP contribution in [0.1, 0.15) is 24.9 Å². The molecule has 0 atom stereocenters. The van der Waals surface area contributed by atoms with Crippen LogP contribution in [-0.2, 0) is 13.0 Å². The summed E-state index contributed by atoms with van der Waals surface area (Å²) in [5, 5.41) is 8.01. The Hall–Kier alpha value is -2.43. The number of aryl methyl sites for hydroxylation is 1. The van der Waals surface area contributed by atoms with E-state index in [-0.39, 0.29) is 0 Å². The summed E-state index contributed by atoms with van der Waals surface area (Å²) in [6.45, 7) is 3.12. The highest BCUT2D eigenvalue weighted by molar-refractivity contribution is 5.75. The molecule has 5 nitrogen and oxygen atoms in total. The number of rotatable bonds is 4. The Morgan fingerprint density at radius 1 is 1.10 bits per heavy atom. The number of aromatic nitrogens is 4. The van der Waals surface area contributed by atoms with Gasteiger partial charge in [-0.1, -0.05) is 19.1 Å². The molecule has 0 saturated carbocycles. The second-order valence-corrected chi connectivity index (χ2v) is 4.79. The maximum Gasteiger partial charge on any atom is 0.146 e. The lowest BCUT2D eigenvalue weighted by Crippen LogP contribution is -2.06. The molecule has 3 aromatic rings. The molecule has 20 heavy (non-hydrogen) atoms. The van der Waals surface area contributed by atoms with Gasteiger partial charge in [0.1, 0.15) is 11.6 Å². The first kappa shape index (κ1) is 12.6. The minimum atomic E-state index is 0.441. The fraction of sp³-hybridized carbons (Fsp3) is 0.267. The van der Waals surface area contributed by atoms with E-state index in [4.69, 9.17) is 10.7 Å². The molecule has 3 rings (SSSR count). The second kappa shape index (κ2) is 5.28. The molecule has 2 heterocycles. The van der Waals surface area contributed by atoms with Crippen molar-refractivity contribution in [3.05, 3.63) is 47.9 Å². The largest absolute Gasteiger partial charge is 0.382 e. The Labute approximate surface area is 117 Å². The van der Waals surface area contributed by atoms with Crippen LogP contribution >= 0.6 is 0 Å². The first-order valence-electron chi connectivity index (χ1n) is 6.80. The molecular formula is C15H17N5. The third-order valence-corrected chi connectivity index (χ3v) is 3.26. The predicted octanol–water partition coefficient (Wildman–Crippen LogP) is 2.41. The standard InChI is InChI=1S/C15H17N5/c1-2-9-20-13-6-4-3-5-12(13)17-15(20)10-11-7-8-14(16)19-18-11/h3-8H,2,9-10H2,1H3,(H2,16,19). The quantitative estimate of drug-likeness (QED) is 0.788. The summed E-state index contributed by atoms with van der Waals surface area (Å²) in [5.74, 6) is 1.46. The summed E-state index contributed by atoms with van der Waals surface area (Å²) in [6, 6.07) is 11.9. The minimum absolute atomic E-state index is 0.441. The summed E-state index contributed by atoms with van der Waals surface area (Å²) >= 11 is 0. The molecule has 0 spiro atoms. The molecule has 0 fully saturated rings. The number of anilines is 1. The van der Waals surface area contributed by atoms with E-state index in [1.807, 2.05) is 24.3 Å². The van der Waals surface area contributed by atoms with E-state index < -0.39 is 0 Å². The van der Waals surface area contributed by atoms with Crippen molar-refractivity contribution < 1.29 is 0 Å². The Kier molecular flexibility index (Phi) is 3.33. The van der Waals surface area contributed by atoms with Crippen LogP contribution in [0, 0.1) is 0 Å². The Balaban J connectivity index is 2.01. The number of fused-ring (bicyclic) bond motifs is 1. The van der Waals surface area contributed by atoms with Crippen LogP contribution in [0.15, 0.2) is 36.4 Å². The highest BCUT2D eigenvalue weighted by Crippen LogP contribution is 2.18. The van der Waals surface area contributed by atoms with E-state index in [1.165, 1.54) is 5.52 Å². The number of hydrogen-bond acceptors (Lipinski definition) is 4.